The predicted octanol–water partition coefficient (Wildman–Crippen LogP) is 2.32. The normalized spacial score (nSPS) is 19.4. The zero-order chi connectivity index (χ0) is 21.4. The molecule has 0 bridgehead atoms. The Morgan fingerprint density at radius 2 is 1.83 bits per heavy atom. The summed E-state index contributed by atoms with van der Waals surface area (Å²) in [6.45, 7) is 6.45. The molecule has 1 heterocycles. The first kappa shape index (κ1) is 23.1. The molecule has 2 unspecified atom stereocenters. The summed E-state index contributed by atoms with van der Waals surface area (Å²) >= 11 is 0. The number of amides is 2. The van der Waals surface area contributed by atoms with Crippen LogP contribution in [0.1, 0.15) is 32.8 Å². The summed E-state index contributed by atoms with van der Waals surface area (Å²) < 4.78 is 21.6. The van der Waals surface area contributed by atoms with Crippen molar-refractivity contribution in [3.63, 3.8) is 0 Å². The Bertz CT molecular complexity index is 657. The third-order valence-electron chi connectivity index (χ3n) is 4.49. The molecule has 1 aliphatic rings. The minimum absolute atomic E-state index is 0.144. The van der Waals surface area contributed by atoms with Gasteiger partial charge in [-0.2, -0.15) is 0 Å². The summed E-state index contributed by atoms with van der Waals surface area (Å²) in [6, 6.07) is 8.73. The van der Waals surface area contributed by atoms with Gasteiger partial charge in [0.05, 0.1) is 24.8 Å². The van der Waals surface area contributed by atoms with Crippen molar-refractivity contribution < 1.29 is 28.5 Å². The van der Waals surface area contributed by atoms with Crippen LogP contribution in [-0.4, -0.2) is 68.2 Å². The molecule has 2 amide bonds. The number of nitrogens with one attached hydrogen (secondary N) is 1. The summed E-state index contributed by atoms with van der Waals surface area (Å²) in [6.07, 6.45) is -0.950. The Labute approximate surface area is 172 Å². The summed E-state index contributed by atoms with van der Waals surface area (Å²) in [5, 5.41) is 2.77. The largest absolute Gasteiger partial charge is 0.445 e. The summed E-state index contributed by atoms with van der Waals surface area (Å²) in [5.41, 5.74) is 0.499. The monoisotopic (exact) mass is 408 g/mol. The van der Waals surface area contributed by atoms with Crippen molar-refractivity contribution in [2.24, 2.45) is 0 Å². The number of rotatable bonds is 8. The molecular weight excluding hydrogens is 376 g/mol. The van der Waals surface area contributed by atoms with E-state index >= 15 is 0 Å². The van der Waals surface area contributed by atoms with Crippen LogP contribution in [0.15, 0.2) is 30.3 Å². The van der Waals surface area contributed by atoms with E-state index in [0.717, 1.165) is 5.56 Å². The topological polar surface area (TPSA) is 86.3 Å². The maximum absolute atomic E-state index is 12.8. The van der Waals surface area contributed by atoms with Gasteiger partial charge in [-0.05, 0) is 26.3 Å². The molecule has 1 N–H and O–H groups in total. The molecule has 2 rings (SSSR count). The molecule has 2 atom stereocenters. The first-order chi connectivity index (χ1) is 13.7. The van der Waals surface area contributed by atoms with Crippen LogP contribution in [0.3, 0.4) is 0 Å². The number of nitrogens with zero attached hydrogens (tertiary/aromatic N) is 1. The van der Waals surface area contributed by atoms with Gasteiger partial charge in [0.1, 0.15) is 12.6 Å². The quantitative estimate of drug-likeness (QED) is 0.665. The second kappa shape index (κ2) is 10.6. The van der Waals surface area contributed by atoms with Gasteiger partial charge in [0.2, 0.25) is 5.91 Å². The fourth-order valence-corrected chi connectivity index (χ4v) is 3.20. The molecule has 162 valence electrons. The van der Waals surface area contributed by atoms with E-state index in [9.17, 15) is 9.59 Å². The van der Waals surface area contributed by atoms with Gasteiger partial charge >= 0.3 is 6.09 Å². The Kier molecular flexibility index (Phi) is 8.43. The maximum atomic E-state index is 12.8. The Morgan fingerprint density at radius 3 is 2.41 bits per heavy atom. The number of methoxy groups -OCH3 is 2. The zero-order valence-corrected chi connectivity index (χ0v) is 17.8. The number of benzene rings is 1. The second-order valence-corrected chi connectivity index (χ2v) is 7.94. The molecule has 0 spiro atoms. The Morgan fingerprint density at radius 1 is 1.17 bits per heavy atom. The van der Waals surface area contributed by atoms with Gasteiger partial charge in [-0.15, -0.1) is 0 Å². The second-order valence-electron chi connectivity index (χ2n) is 7.94. The van der Waals surface area contributed by atoms with E-state index in [4.69, 9.17) is 18.9 Å². The number of hydrogen-bond donors (Lipinski definition) is 1. The molecule has 8 heteroatoms. The van der Waals surface area contributed by atoms with Crippen LogP contribution >= 0.6 is 0 Å². The van der Waals surface area contributed by atoms with Crippen molar-refractivity contribution in [2.75, 3.05) is 27.3 Å². The van der Waals surface area contributed by atoms with E-state index in [0.29, 0.717) is 13.0 Å². The van der Waals surface area contributed by atoms with Crippen molar-refractivity contribution in [1.82, 2.24) is 10.2 Å². The van der Waals surface area contributed by atoms with Crippen LogP contribution in [-0.2, 0) is 30.3 Å². The average Bonchev–Trinajstić information content (AvgIpc) is 3.09. The molecule has 0 aliphatic carbocycles. The third kappa shape index (κ3) is 7.30. The standard InChI is InChI=1S/C21H32N2O6/c1-21(2,3)29-16-11-17(19(24)22-12-18(26-4)27-5)23(13-16)20(25)28-14-15-9-7-6-8-10-15/h6-10,16-18H,11-14H2,1-5H3,(H,22,24). The lowest BCUT2D eigenvalue weighted by Crippen LogP contribution is -2.48. The fraction of sp³-hybridized carbons (Fsp3) is 0.619. The van der Waals surface area contributed by atoms with Gasteiger partial charge < -0.3 is 24.3 Å². The SMILES string of the molecule is COC(CNC(=O)C1CC(OC(C)(C)C)CN1C(=O)OCc1ccccc1)OC. The van der Waals surface area contributed by atoms with Crippen LogP contribution in [0.5, 0.6) is 0 Å². The van der Waals surface area contributed by atoms with Gasteiger partial charge in [0, 0.05) is 20.6 Å². The maximum Gasteiger partial charge on any atom is 0.410 e. The van der Waals surface area contributed by atoms with Gasteiger partial charge in [0.15, 0.2) is 6.29 Å². The first-order valence-corrected chi connectivity index (χ1v) is 9.72. The molecule has 1 aromatic carbocycles. The number of likely N-dealkylation sites (tertiary alicyclic amines) is 1. The lowest BCUT2D eigenvalue weighted by molar-refractivity contribution is -0.131. The van der Waals surface area contributed by atoms with E-state index < -0.39 is 18.4 Å². The summed E-state index contributed by atoms with van der Waals surface area (Å²) in [5.74, 6) is -0.291. The van der Waals surface area contributed by atoms with E-state index in [1.807, 2.05) is 51.1 Å². The molecule has 0 saturated carbocycles. The number of hydrogen-bond acceptors (Lipinski definition) is 6. The molecule has 0 aromatic heterocycles. The fourth-order valence-electron chi connectivity index (χ4n) is 3.20. The van der Waals surface area contributed by atoms with Crippen LogP contribution in [0, 0.1) is 0 Å². The Hall–Kier alpha value is -2.16. The number of carbonyl (C=O) groups is 2. The van der Waals surface area contributed by atoms with E-state index in [-0.39, 0.29) is 30.8 Å². The van der Waals surface area contributed by atoms with Crippen molar-refractivity contribution in [2.45, 2.75) is 57.8 Å². The highest BCUT2D eigenvalue weighted by molar-refractivity contribution is 5.86. The van der Waals surface area contributed by atoms with Crippen LogP contribution in [0.25, 0.3) is 0 Å². The van der Waals surface area contributed by atoms with Gasteiger partial charge in [-0.1, -0.05) is 30.3 Å². The van der Waals surface area contributed by atoms with Crippen molar-refractivity contribution >= 4 is 12.0 Å². The van der Waals surface area contributed by atoms with Gasteiger partial charge in [-0.3, -0.25) is 9.69 Å². The highest BCUT2D eigenvalue weighted by Gasteiger charge is 2.42. The lowest BCUT2D eigenvalue weighted by atomic mass is 10.1. The number of ether oxygens (including phenoxy) is 4. The minimum Gasteiger partial charge on any atom is -0.445 e. The van der Waals surface area contributed by atoms with E-state index in [1.165, 1.54) is 19.1 Å². The average molecular weight is 408 g/mol. The van der Waals surface area contributed by atoms with E-state index in [2.05, 4.69) is 5.32 Å². The molecule has 8 nitrogen and oxygen atoms in total. The van der Waals surface area contributed by atoms with Crippen molar-refractivity contribution in [3.05, 3.63) is 35.9 Å². The van der Waals surface area contributed by atoms with Gasteiger partial charge in [0.25, 0.3) is 0 Å². The van der Waals surface area contributed by atoms with E-state index in [1.54, 1.807) is 0 Å². The minimum atomic E-state index is -0.681. The molecule has 1 saturated heterocycles. The lowest BCUT2D eigenvalue weighted by Gasteiger charge is -2.25. The molecule has 1 fully saturated rings. The predicted molar refractivity (Wildman–Crippen MR) is 107 cm³/mol. The molecular formula is C21H32N2O6. The summed E-state index contributed by atoms with van der Waals surface area (Å²) in [7, 11) is 2.99. The van der Waals surface area contributed by atoms with Crippen LogP contribution in [0.2, 0.25) is 0 Å². The third-order valence-corrected chi connectivity index (χ3v) is 4.49. The zero-order valence-electron chi connectivity index (χ0n) is 17.8. The Balaban J connectivity index is 2.03. The first-order valence-electron chi connectivity index (χ1n) is 9.72. The van der Waals surface area contributed by atoms with Gasteiger partial charge in [-0.25, -0.2) is 4.79 Å². The number of carbonyl (C=O) groups excluding carboxylic acids is 2. The molecule has 29 heavy (non-hydrogen) atoms. The highest BCUT2D eigenvalue weighted by Crippen LogP contribution is 2.25. The van der Waals surface area contributed by atoms with Crippen LogP contribution < -0.4 is 5.32 Å². The molecule has 0 radical (unpaired) electrons. The smallest absolute Gasteiger partial charge is 0.410 e. The van der Waals surface area contributed by atoms with Crippen LogP contribution in [0.4, 0.5) is 4.79 Å². The van der Waals surface area contributed by atoms with Crippen molar-refractivity contribution in [1.29, 1.82) is 0 Å². The summed E-state index contributed by atoms with van der Waals surface area (Å²) in [4.78, 5) is 26.9. The molecule has 1 aromatic rings. The highest BCUT2D eigenvalue weighted by atomic mass is 16.7. The molecule has 1 aliphatic heterocycles. The van der Waals surface area contributed by atoms with Crippen molar-refractivity contribution in [3.8, 4) is 0 Å².